The number of carboxylic acid groups (broad SMARTS) is 1. The summed E-state index contributed by atoms with van der Waals surface area (Å²) in [5, 5.41) is 21.6. The number of aliphatic hydroxyl groups excluding tert-OH is 1. The average molecular weight is 764 g/mol. The van der Waals surface area contributed by atoms with Gasteiger partial charge in [0.1, 0.15) is 12.7 Å². The number of amides is 1. The molecule has 0 spiro atoms. The lowest BCUT2D eigenvalue weighted by atomic mass is 10.0. The molecular formula is C40H78NO10P. The second-order valence-electron chi connectivity index (χ2n) is 14.5. The van der Waals surface area contributed by atoms with Crippen molar-refractivity contribution in [1.82, 2.24) is 5.32 Å². The van der Waals surface area contributed by atoms with E-state index in [1.807, 2.05) is 0 Å². The van der Waals surface area contributed by atoms with Crippen molar-refractivity contribution in [3.8, 4) is 0 Å². The highest BCUT2D eigenvalue weighted by Gasteiger charge is 2.28. The van der Waals surface area contributed by atoms with Crippen molar-refractivity contribution in [1.29, 1.82) is 0 Å². The topological polar surface area (TPSA) is 169 Å². The number of aliphatic carboxylic acids is 1. The van der Waals surface area contributed by atoms with Gasteiger partial charge in [-0.1, -0.05) is 181 Å². The SMILES string of the molecule is CCCCCCCCCCCCCCCCCCCCCCCCCCC(=O)NC(COP(=O)(O)OCC(O)COC(=O)CCCCCC)C(=O)O. The maximum atomic E-state index is 12.3. The number of carboxylic acids is 1. The quantitative estimate of drug-likeness (QED) is 0.0268. The number of carbonyl (C=O) groups excluding carboxylic acids is 2. The van der Waals surface area contributed by atoms with Crippen LogP contribution in [0.5, 0.6) is 0 Å². The van der Waals surface area contributed by atoms with E-state index in [9.17, 15) is 34.1 Å². The highest BCUT2D eigenvalue weighted by molar-refractivity contribution is 7.47. The van der Waals surface area contributed by atoms with Crippen LogP contribution in [0.15, 0.2) is 0 Å². The minimum absolute atomic E-state index is 0.153. The molecule has 0 saturated carbocycles. The summed E-state index contributed by atoms with van der Waals surface area (Å²) in [6, 6.07) is -1.54. The van der Waals surface area contributed by atoms with E-state index >= 15 is 0 Å². The second kappa shape index (κ2) is 36.5. The van der Waals surface area contributed by atoms with Crippen molar-refractivity contribution < 1.29 is 47.8 Å². The zero-order chi connectivity index (χ0) is 38.5. The van der Waals surface area contributed by atoms with Gasteiger partial charge in [0.15, 0.2) is 6.04 Å². The molecule has 0 heterocycles. The first kappa shape index (κ1) is 50.5. The lowest BCUT2D eigenvalue weighted by molar-refractivity contribution is -0.147. The highest BCUT2D eigenvalue weighted by atomic mass is 31.2. The molecular weight excluding hydrogens is 685 g/mol. The predicted octanol–water partition coefficient (Wildman–Crippen LogP) is 10.3. The summed E-state index contributed by atoms with van der Waals surface area (Å²) < 4.78 is 26.5. The number of phosphoric acid groups is 1. The number of nitrogens with one attached hydrogen (secondary N) is 1. The van der Waals surface area contributed by atoms with Crippen molar-refractivity contribution >= 4 is 25.7 Å². The normalized spacial score (nSPS) is 13.8. The molecule has 0 saturated heterocycles. The Morgan fingerprint density at radius 1 is 0.538 bits per heavy atom. The second-order valence-corrected chi connectivity index (χ2v) is 16.0. The van der Waals surface area contributed by atoms with Gasteiger partial charge in [-0.15, -0.1) is 0 Å². The van der Waals surface area contributed by atoms with Gasteiger partial charge in [-0.25, -0.2) is 9.36 Å². The van der Waals surface area contributed by atoms with E-state index in [0.29, 0.717) is 12.8 Å². The molecule has 0 rings (SSSR count). The monoisotopic (exact) mass is 764 g/mol. The fraction of sp³-hybridized carbons (Fsp3) is 0.925. The van der Waals surface area contributed by atoms with Crippen LogP contribution < -0.4 is 5.32 Å². The van der Waals surface area contributed by atoms with Gasteiger partial charge in [0.05, 0.1) is 13.2 Å². The maximum Gasteiger partial charge on any atom is 0.472 e. The van der Waals surface area contributed by atoms with E-state index in [1.54, 1.807) is 0 Å². The molecule has 0 aliphatic rings. The zero-order valence-electron chi connectivity index (χ0n) is 33.1. The lowest BCUT2D eigenvalue weighted by Gasteiger charge is -2.18. The Morgan fingerprint density at radius 3 is 1.29 bits per heavy atom. The van der Waals surface area contributed by atoms with Crippen LogP contribution >= 0.6 is 7.82 Å². The lowest BCUT2D eigenvalue weighted by Crippen LogP contribution is -2.43. The van der Waals surface area contributed by atoms with Crippen molar-refractivity contribution in [2.24, 2.45) is 0 Å². The molecule has 0 aliphatic carbocycles. The molecule has 0 aromatic carbocycles. The number of phosphoric ester groups is 1. The van der Waals surface area contributed by atoms with E-state index in [1.165, 1.54) is 128 Å². The summed E-state index contributed by atoms with van der Waals surface area (Å²) >= 11 is 0. The van der Waals surface area contributed by atoms with Crippen LogP contribution in [0.2, 0.25) is 0 Å². The largest absolute Gasteiger partial charge is 0.480 e. The standard InChI is InChI=1S/C40H78NO10P/c1-3-5-7-9-10-11-12-13-14-15-16-17-18-19-20-21-22-23-24-25-26-27-28-29-31-38(43)41-37(40(45)46)35-51-52(47,48)50-34-36(42)33-49-39(44)32-30-8-6-4-2/h36-37,42H,3-35H2,1-2H3,(H,41,43)(H,45,46)(H,47,48). The third kappa shape index (κ3) is 35.5. The summed E-state index contributed by atoms with van der Waals surface area (Å²) in [5.41, 5.74) is 0. The van der Waals surface area contributed by atoms with Crippen LogP contribution in [-0.2, 0) is 32.7 Å². The van der Waals surface area contributed by atoms with E-state index in [4.69, 9.17) is 13.8 Å². The number of carbonyl (C=O) groups is 3. The molecule has 0 radical (unpaired) electrons. The molecule has 308 valence electrons. The van der Waals surface area contributed by atoms with Gasteiger partial charge >= 0.3 is 19.8 Å². The van der Waals surface area contributed by atoms with Gasteiger partial charge in [-0.3, -0.25) is 18.6 Å². The van der Waals surface area contributed by atoms with Crippen molar-refractivity contribution in [2.45, 2.75) is 219 Å². The number of aliphatic hydroxyl groups is 1. The predicted molar refractivity (Wildman–Crippen MR) is 208 cm³/mol. The third-order valence-corrected chi connectivity index (χ3v) is 10.3. The first-order valence-corrected chi connectivity index (χ1v) is 22.6. The van der Waals surface area contributed by atoms with Crippen LogP contribution in [0.4, 0.5) is 0 Å². The molecule has 0 aromatic rings. The summed E-state index contributed by atoms with van der Waals surface area (Å²) in [5.74, 6) is -2.38. The number of rotatable bonds is 40. The Morgan fingerprint density at radius 2 is 0.885 bits per heavy atom. The van der Waals surface area contributed by atoms with Gasteiger partial charge in [0.25, 0.3) is 0 Å². The molecule has 0 aliphatic heterocycles. The van der Waals surface area contributed by atoms with Crippen LogP contribution in [0.25, 0.3) is 0 Å². The minimum Gasteiger partial charge on any atom is -0.480 e. The van der Waals surface area contributed by atoms with E-state index < -0.39 is 57.6 Å². The van der Waals surface area contributed by atoms with E-state index in [0.717, 1.165) is 38.5 Å². The molecule has 11 nitrogen and oxygen atoms in total. The molecule has 4 N–H and O–H groups in total. The van der Waals surface area contributed by atoms with Gasteiger partial charge < -0.3 is 25.2 Å². The Labute approximate surface area is 316 Å². The number of unbranched alkanes of at least 4 members (excludes halogenated alkanes) is 26. The fourth-order valence-electron chi connectivity index (χ4n) is 6.08. The van der Waals surface area contributed by atoms with E-state index in [-0.39, 0.29) is 12.8 Å². The average Bonchev–Trinajstić information content (AvgIpc) is 3.11. The molecule has 0 aromatic heterocycles. The third-order valence-electron chi connectivity index (χ3n) is 9.40. The zero-order valence-corrected chi connectivity index (χ0v) is 34.0. The number of hydrogen-bond donors (Lipinski definition) is 4. The smallest absolute Gasteiger partial charge is 0.472 e. The van der Waals surface area contributed by atoms with Crippen LogP contribution in [0, 0.1) is 0 Å². The molecule has 0 fully saturated rings. The highest BCUT2D eigenvalue weighted by Crippen LogP contribution is 2.43. The number of ether oxygens (including phenoxy) is 1. The van der Waals surface area contributed by atoms with E-state index in [2.05, 4.69) is 19.2 Å². The summed E-state index contributed by atoms with van der Waals surface area (Å²) in [6.07, 6.45) is 33.6. The van der Waals surface area contributed by atoms with Gasteiger partial charge in [-0.05, 0) is 12.8 Å². The molecule has 3 unspecified atom stereocenters. The Hall–Kier alpha value is -1.52. The van der Waals surface area contributed by atoms with Gasteiger partial charge in [0, 0.05) is 12.8 Å². The molecule has 3 atom stereocenters. The fourth-order valence-corrected chi connectivity index (χ4v) is 6.85. The first-order valence-electron chi connectivity index (χ1n) is 21.1. The number of hydrogen-bond acceptors (Lipinski definition) is 8. The summed E-state index contributed by atoms with van der Waals surface area (Å²) in [6.45, 7) is 2.45. The van der Waals surface area contributed by atoms with Gasteiger partial charge in [-0.2, -0.15) is 0 Å². The minimum atomic E-state index is -4.73. The summed E-state index contributed by atoms with van der Waals surface area (Å²) in [4.78, 5) is 45.4. The summed E-state index contributed by atoms with van der Waals surface area (Å²) in [7, 11) is -4.73. The first-order chi connectivity index (χ1) is 25.1. The van der Waals surface area contributed by atoms with Crippen molar-refractivity contribution in [2.75, 3.05) is 19.8 Å². The molecule has 52 heavy (non-hydrogen) atoms. The number of esters is 1. The van der Waals surface area contributed by atoms with Crippen molar-refractivity contribution in [3.63, 3.8) is 0 Å². The van der Waals surface area contributed by atoms with Crippen LogP contribution in [0.3, 0.4) is 0 Å². The van der Waals surface area contributed by atoms with Crippen molar-refractivity contribution in [3.05, 3.63) is 0 Å². The molecule has 1 amide bonds. The van der Waals surface area contributed by atoms with Crippen LogP contribution in [0.1, 0.15) is 206 Å². The Balaban J connectivity index is 3.73. The maximum absolute atomic E-state index is 12.3. The molecule has 0 bridgehead atoms. The Bertz CT molecular complexity index is 906. The molecule has 12 heteroatoms. The van der Waals surface area contributed by atoms with Gasteiger partial charge in [0.2, 0.25) is 5.91 Å². The Kier molecular flexibility index (Phi) is 35.4. The van der Waals surface area contributed by atoms with Crippen LogP contribution in [-0.4, -0.2) is 64.9 Å².